The second kappa shape index (κ2) is 11.4. The van der Waals surface area contributed by atoms with E-state index < -0.39 is 0 Å². The largest absolute Gasteiger partial charge is 0.351 e. The Hall–Kier alpha value is -2.06. The van der Waals surface area contributed by atoms with E-state index in [1.807, 2.05) is 36.5 Å². The number of halogens is 3. The molecule has 0 spiro atoms. The van der Waals surface area contributed by atoms with Gasteiger partial charge in [-0.15, -0.1) is 24.8 Å². The summed E-state index contributed by atoms with van der Waals surface area (Å²) in [5.41, 5.74) is 2.89. The van der Waals surface area contributed by atoms with Crippen LogP contribution in [0.5, 0.6) is 0 Å². The second-order valence-corrected chi connectivity index (χ2v) is 9.29. The summed E-state index contributed by atoms with van der Waals surface area (Å²) in [6, 6.07) is 12.8. The van der Waals surface area contributed by atoms with Crippen LogP contribution in [0.1, 0.15) is 24.1 Å². The highest BCUT2D eigenvalue weighted by Gasteiger charge is 2.23. The minimum Gasteiger partial charge on any atom is -0.351 e. The van der Waals surface area contributed by atoms with E-state index in [1.165, 1.54) is 17.8 Å². The number of nitrogens with zero attached hydrogens (tertiary/aromatic N) is 3. The van der Waals surface area contributed by atoms with E-state index in [9.17, 15) is 9.18 Å². The number of likely N-dealkylation sites (tertiary alicyclic amines) is 1. The lowest BCUT2D eigenvalue weighted by Crippen LogP contribution is -2.39. The first-order chi connectivity index (χ1) is 15.2. The maximum absolute atomic E-state index is 13.3. The lowest BCUT2D eigenvalue weighted by molar-refractivity contribution is -0.117. The molecule has 33 heavy (non-hydrogen) atoms. The van der Waals surface area contributed by atoms with Crippen molar-refractivity contribution in [2.45, 2.75) is 24.3 Å². The van der Waals surface area contributed by atoms with Crippen molar-refractivity contribution in [2.24, 2.45) is 5.92 Å². The fourth-order valence-electron chi connectivity index (χ4n) is 4.32. The first kappa shape index (κ1) is 25.6. The van der Waals surface area contributed by atoms with Gasteiger partial charge in [-0.25, -0.2) is 9.37 Å². The molecule has 1 fully saturated rings. The molecule has 3 aromatic rings. The van der Waals surface area contributed by atoms with Crippen LogP contribution in [-0.2, 0) is 11.2 Å². The number of carbonyl (C=O) groups is 1. The third kappa shape index (κ3) is 5.90. The monoisotopic (exact) mass is 508 g/mol. The Morgan fingerprint density at radius 1 is 1.15 bits per heavy atom. The summed E-state index contributed by atoms with van der Waals surface area (Å²) in [5.74, 6) is 0.319. The van der Waals surface area contributed by atoms with Crippen molar-refractivity contribution in [3.8, 4) is 0 Å². The molecule has 0 saturated carbocycles. The summed E-state index contributed by atoms with van der Waals surface area (Å²) >= 11 is 1.49. The Labute approximate surface area is 209 Å². The van der Waals surface area contributed by atoms with Gasteiger partial charge in [-0.05, 0) is 74.2 Å². The van der Waals surface area contributed by atoms with Crippen molar-refractivity contribution in [1.82, 2.24) is 19.6 Å². The zero-order valence-electron chi connectivity index (χ0n) is 18.1. The number of benzene rings is 1. The van der Waals surface area contributed by atoms with Gasteiger partial charge in [0.15, 0.2) is 0 Å². The Balaban J connectivity index is 0.00000153. The minimum absolute atomic E-state index is 0. The van der Waals surface area contributed by atoms with Gasteiger partial charge < -0.3 is 10.2 Å². The number of nitrogens with one attached hydrogen (secondary N) is 1. The summed E-state index contributed by atoms with van der Waals surface area (Å²) in [5, 5.41) is 4.16. The number of carbonyl (C=O) groups excluding carboxylic acids is 1. The standard InChI is InChI=1S/C24H25FN4OS.2ClH/c25-19-4-1-3-17(13-19)7-10-28-11-8-18(9-12-28)15-27-24(30)21-14-20-16-26-22-5-2-6-23(31-21)29(20)22;;/h1-6,13-14,16,18H,7-12,15H2,(H,27,30);2*1H. The molecule has 1 amide bonds. The van der Waals surface area contributed by atoms with Crippen molar-refractivity contribution in [1.29, 1.82) is 0 Å². The number of hydrogen-bond acceptors (Lipinski definition) is 4. The van der Waals surface area contributed by atoms with Gasteiger partial charge in [0.1, 0.15) is 11.5 Å². The number of thioether (sulfide) groups is 1. The number of pyridine rings is 1. The SMILES string of the molecule is Cl.Cl.O=C(NCC1CCN(CCc2cccc(F)c2)CC1)C1=Cc2cnc3cccc(n23)S1. The lowest BCUT2D eigenvalue weighted by Gasteiger charge is -2.32. The van der Waals surface area contributed by atoms with Crippen molar-refractivity contribution in [3.63, 3.8) is 0 Å². The molecule has 9 heteroatoms. The molecule has 1 aromatic carbocycles. The van der Waals surface area contributed by atoms with Crippen molar-refractivity contribution in [2.75, 3.05) is 26.2 Å². The molecule has 0 radical (unpaired) electrons. The van der Waals surface area contributed by atoms with Gasteiger partial charge in [-0.2, -0.15) is 0 Å². The first-order valence-electron chi connectivity index (χ1n) is 10.8. The zero-order valence-corrected chi connectivity index (χ0v) is 20.5. The van der Waals surface area contributed by atoms with Crippen LogP contribution in [0.25, 0.3) is 11.7 Å². The molecule has 5 nitrogen and oxygen atoms in total. The highest BCUT2D eigenvalue weighted by atomic mass is 35.5. The van der Waals surface area contributed by atoms with Crippen LogP contribution in [0, 0.1) is 11.7 Å². The van der Waals surface area contributed by atoms with Crippen LogP contribution >= 0.6 is 36.6 Å². The maximum Gasteiger partial charge on any atom is 0.258 e. The number of piperidine rings is 1. The predicted octanol–water partition coefficient (Wildman–Crippen LogP) is 4.83. The van der Waals surface area contributed by atoms with Crippen molar-refractivity contribution in [3.05, 3.63) is 70.6 Å². The van der Waals surface area contributed by atoms with Crippen molar-refractivity contribution >= 4 is 54.2 Å². The molecular weight excluding hydrogens is 482 g/mol. The van der Waals surface area contributed by atoms with Crippen LogP contribution in [0.4, 0.5) is 4.39 Å². The summed E-state index contributed by atoms with van der Waals surface area (Å²) in [4.78, 5) is 20.3. The van der Waals surface area contributed by atoms with E-state index in [0.717, 1.165) is 60.8 Å². The van der Waals surface area contributed by atoms with Gasteiger partial charge in [0, 0.05) is 13.1 Å². The molecule has 0 aliphatic carbocycles. The van der Waals surface area contributed by atoms with E-state index in [4.69, 9.17) is 0 Å². The van der Waals surface area contributed by atoms with Gasteiger partial charge >= 0.3 is 0 Å². The highest BCUT2D eigenvalue weighted by molar-refractivity contribution is 8.04. The normalized spacial score (nSPS) is 16.0. The quantitative estimate of drug-likeness (QED) is 0.517. The summed E-state index contributed by atoms with van der Waals surface area (Å²) in [7, 11) is 0. The van der Waals surface area contributed by atoms with E-state index in [2.05, 4.69) is 19.6 Å². The highest BCUT2D eigenvalue weighted by Crippen LogP contribution is 2.34. The topological polar surface area (TPSA) is 49.6 Å². The predicted molar refractivity (Wildman–Crippen MR) is 136 cm³/mol. The third-order valence-electron chi connectivity index (χ3n) is 6.10. The van der Waals surface area contributed by atoms with Crippen molar-refractivity contribution < 1.29 is 9.18 Å². The number of hydrogen-bond donors (Lipinski definition) is 1. The molecule has 4 heterocycles. The molecule has 1 saturated heterocycles. The van der Waals surface area contributed by atoms with E-state index in [1.54, 1.807) is 12.1 Å². The fourth-order valence-corrected chi connectivity index (χ4v) is 5.32. The average Bonchev–Trinajstić information content (AvgIpc) is 3.21. The molecule has 0 bridgehead atoms. The van der Waals surface area contributed by atoms with E-state index >= 15 is 0 Å². The maximum atomic E-state index is 13.3. The Morgan fingerprint density at radius 2 is 1.94 bits per heavy atom. The van der Waals surface area contributed by atoms with E-state index in [0.29, 0.717) is 17.4 Å². The van der Waals surface area contributed by atoms with Gasteiger partial charge in [-0.1, -0.05) is 30.0 Å². The number of amides is 1. The summed E-state index contributed by atoms with van der Waals surface area (Å²) in [6.07, 6.45) is 6.74. The molecule has 176 valence electrons. The molecule has 2 aliphatic heterocycles. The Bertz CT molecular complexity index is 1140. The van der Waals surface area contributed by atoms with Gasteiger partial charge in [-0.3, -0.25) is 9.20 Å². The molecule has 5 rings (SSSR count). The number of rotatable bonds is 6. The molecule has 2 aromatic heterocycles. The smallest absolute Gasteiger partial charge is 0.258 e. The minimum atomic E-state index is -0.167. The third-order valence-corrected chi connectivity index (χ3v) is 7.15. The fraction of sp³-hybridized carbons (Fsp3) is 0.333. The molecular formula is C24H27Cl2FN4OS. The molecule has 2 aliphatic rings. The molecule has 0 unspecified atom stereocenters. The van der Waals surface area contributed by atoms with Gasteiger partial charge in [0.25, 0.3) is 5.91 Å². The van der Waals surface area contributed by atoms with Gasteiger partial charge in [0.2, 0.25) is 0 Å². The molecule has 1 N–H and O–H groups in total. The Morgan fingerprint density at radius 3 is 2.73 bits per heavy atom. The number of imidazole rings is 1. The Kier molecular flexibility index (Phi) is 8.82. The second-order valence-electron chi connectivity index (χ2n) is 8.23. The van der Waals surface area contributed by atoms with Crippen LogP contribution in [0.2, 0.25) is 0 Å². The van der Waals surface area contributed by atoms with Gasteiger partial charge in [0.05, 0.1) is 21.8 Å². The zero-order chi connectivity index (χ0) is 21.2. The van der Waals surface area contributed by atoms with E-state index in [-0.39, 0.29) is 36.5 Å². The first-order valence-corrected chi connectivity index (χ1v) is 11.6. The van der Waals surface area contributed by atoms with Crippen LogP contribution < -0.4 is 5.32 Å². The van der Waals surface area contributed by atoms with Crippen LogP contribution in [0.3, 0.4) is 0 Å². The average molecular weight is 509 g/mol. The number of aromatic nitrogens is 2. The lowest BCUT2D eigenvalue weighted by atomic mass is 9.96. The summed E-state index contributed by atoms with van der Waals surface area (Å²) < 4.78 is 15.4. The van der Waals surface area contributed by atoms with Crippen LogP contribution in [0.15, 0.2) is 58.6 Å². The molecule has 0 atom stereocenters. The van der Waals surface area contributed by atoms with Crippen LogP contribution in [-0.4, -0.2) is 46.4 Å². The summed E-state index contributed by atoms with van der Waals surface area (Å²) in [6.45, 7) is 3.70.